The van der Waals surface area contributed by atoms with E-state index in [2.05, 4.69) is 46.9 Å². The Morgan fingerprint density at radius 1 is 1.15 bits per heavy atom. The van der Waals surface area contributed by atoms with Gasteiger partial charge in [0.25, 0.3) is 5.88 Å². The van der Waals surface area contributed by atoms with Crippen LogP contribution in [0, 0.1) is 24.0 Å². The van der Waals surface area contributed by atoms with Crippen LogP contribution in [0.15, 0.2) is 24.5 Å². The van der Waals surface area contributed by atoms with Crippen LogP contribution in [0.4, 0.5) is 17.2 Å². The maximum absolute atomic E-state index is 11.5. The van der Waals surface area contributed by atoms with Crippen molar-refractivity contribution in [2.45, 2.75) is 20.8 Å². The molecule has 0 bridgehead atoms. The summed E-state index contributed by atoms with van der Waals surface area (Å²) in [7, 11) is 0. The van der Waals surface area contributed by atoms with Crippen LogP contribution in [0.3, 0.4) is 0 Å². The van der Waals surface area contributed by atoms with Crippen LogP contribution in [0.2, 0.25) is 0 Å². The zero-order valence-corrected chi connectivity index (χ0v) is 15.3. The predicted molar refractivity (Wildman–Crippen MR) is 100 cm³/mol. The molecule has 0 spiro atoms. The number of nitrogens with zero attached hydrogens (tertiary/aromatic N) is 5. The molecular weight excluding hydrogens is 334 g/mol. The molecule has 0 amide bonds. The highest BCUT2D eigenvalue weighted by molar-refractivity contribution is 5.64. The third-order valence-electron chi connectivity index (χ3n) is 4.73. The standard InChI is InChI=1S/C18H23N5O3/c1-4-26-18-16(23(24)25)17(19-12-20-18)22-10-8-21(9-11-22)15-7-5-6-13(2)14(15)3/h5-7,12H,4,8-11H2,1-3H3. The summed E-state index contributed by atoms with van der Waals surface area (Å²) in [4.78, 5) is 23.4. The summed E-state index contributed by atoms with van der Waals surface area (Å²) >= 11 is 0. The van der Waals surface area contributed by atoms with Gasteiger partial charge in [-0.1, -0.05) is 12.1 Å². The van der Waals surface area contributed by atoms with Gasteiger partial charge in [-0.2, -0.15) is 4.98 Å². The Hall–Kier alpha value is -2.90. The van der Waals surface area contributed by atoms with Gasteiger partial charge in [-0.05, 0) is 38.0 Å². The van der Waals surface area contributed by atoms with Crippen molar-refractivity contribution in [2.75, 3.05) is 42.6 Å². The second-order valence-corrected chi connectivity index (χ2v) is 6.23. The highest BCUT2D eigenvalue weighted by Crippen LogP contribution is 2.34. The lowest BCUT2D eigenvalue weighted by Crippen LogP contribution is -2.47. The van der Waals surface area contributed by atoms with E-state index in [-0.39, 0.29) is 11.6 Å². The molecule has 1 fully saturated rings. The monoisotopic (exact) mass is 357 g/mol. The highest BCUT2D eigenvalue weighted by Gasteiger charge is 2.30. The number of benzene rings is 1. The molecule has 8 nitrogen and oxygen atoms in total. The number of aromatic nitrogens is 2. The van der Waals surface area contributed by atoms with Crippen LogP contribution in [0.5, 0.6) is 5.88 Å². The van der Waals surface area contributed by atoms with E-state index in [1.54, 1.807) is 6.92 Å². The zero-order valence-electron chi connectivity index (χ0n) is 15.3. The third-order valence-corrected chi connectivity index (χ3v) is 4.73. The van der Waals surface area contributed by atoms with Gasteiger partial charge in [0.15, 0.2) is 0 Å². The average Bonchev–Trinajstić information content (AvgIpc) is 2.64. The normalized spacial score (nSPS) is 14.4. The molecule has 0 saturated carbocycles. The molecule has 1 saturated heterocycles. The fourth-order valence-electron chi connectivity index (χ4n) is 3.22. The van der Waals surface area contributed by atoms with Crippen molar-refractivity contribution in [3.63, 3.8) is 0 Å². The first kappa shape index (κ1) is 17.9. The minimum Gasteiger partial charge on any atom is -0.473 e. The number of hydrogen-bond acceptors (Lipinski definition) is 7. The fraction of sp³-hybridized carbons (Fsp3) is 0.444. The van der Waals surface area contributed by atoms with E-state index in [0.29, 0.717) is 25.5 Å². The first-order valence-corrected chi connectivity index (χ1v) is 8.71. The van der Waals surface area contributed by atoms with Gasteiger partial charge in [-0.15, -0.1) is 0 Å². The first-order valence-electron chi connectivity index (χ1n) is 8.71. The topological polar surface area (TPSA) is 84.6 Å². The van der Waals surface area contributed by atoms with E-state index in [9.17, 15) is 10.1 Å². The van der Waals surface area contributed by atoms with Gasteiger partial charge < -0.3 is 14.5 Å². The third kappa shape index (κ3) is 3.40. The smallest absolute Gasteiger partial charge is 0.372 e. The van der Waals surface area contributed by atoms with Crippen LogP contribution in [0.1, 0.15) is 18.1 Å². The van der Waals surface area contributed by atoms with Crippen molar-refractivity contribution in [3.05, 3.63) is 45.8 Å². The summed E-state index contributed by atoms with van der Waals surface area (Å²) in [6.45, 7) is 9.17. The molecule has 0 radical (unpaired) electrons. The maximum atomic E-state index is 11.5. The average molecular weight is 357 g/mol. The van der Waals surface area contributed by atoms with Crippen molar-refractivity contribution >= 4 is 17.2 Å². The van der Waals surface area contributed by atoms with Gasteiger partial charge in [0, 0.05) is 31.9 Å². The minimum absolute atomic E-state index is 0.0273. The summed E-state index contributed by atoms with van der Waals surface area (Å²) in [6, 6.07) is 6.29. The molecule has 1 aliphatic rings. The Balaban J connectivity index is 1.81. The number of rotatable bonds is 5. The molecule has 138 valence electrons. The number of piperazine rings is 1. The molecule has 26 heavy (non-hydrogen) atoms. The van der Waals surface area contributed by atoms with E-state index in [1.807, 2.05) is 4.90 Å². The van der Waals surface area contributed by atoms with Gasteiger partial charge >= 0.3 is 5.69 Å². The van der Waals surface area contributed by atoms with Crippen LogP contribution < -0.4 is 14.5 Å². The number of hydrogen-bond donors (Lipinski definition) is 0. The molecule has 2 aromatic rings. The van der Waals surface area contributed by atoms with Crippen molar-refractivity contribution < 1.29 is 9.66 Å². The van der Waals surface area contributed by atoms with Crippen LogP contribution in [-0.2, 0) is 0 Å². The summed E-state index contributed by atoms with van der Waals surface area (Å²) < 4.78 is 5.32. The van der Waals surface area contributed by atoms with E-state index >= 15 is 0 Å². The largest absolute Gasteiger partial charge is 0.473 e. The number of nitro groups is 1. The van der Waals surface area contributed by atoms with Gasteiger partial charge in [0.05, 0.1) is 11.5 Å². The Labute approximate surface area is 152 Å². The van der Waals surface area contributed by atoms with E-state index < -0.39 is 4.92 Å². The Morgan fingerprint density at radius 2 is 1.85 bits per heavy atom. The molecule has 1 aromatic heterocycles. The molecule has 8 heteroatoms. The molecule has 0 atom stereocenters. The molecule has 1 aliphatic heterocycles. The summed E-state index contributed by atoms with van der Waals surface area (Å²) in [5, 5.41) is 11.5. The summed E-state index contributed by atoms with van der Waals surface area (Å²) in [6.07, 6.45) is 1.32. The minimum atomic E-state index is -0.461. The van der Waals surface area contributed by atoms with Crippen molar-refractivity contribution in [1.29, 1.82) is 0 Å². The molecule has 0 aliphatic carbocycles. The van der Waals surface area contributed by atoms with Crippen molar-refractivity contribution in [1.82, 2.24) is 9.97 Å². The zero-order chi connectivity index (χ0) is 18.7. The van der Waals surface area contributed by atoms with Crippen LogP contribution in [0.25, 0.3) is 0 Å². The second kappa shape index (κ2) is 7.55. The number of anilines is 2. The van der Waals surface area contributed by atoms with Crippen LogP contribution in [-0.4, -0.2) is 47.7 Å². The van der Waals surface area contributed by atoms with Gasteiger partial charge in [-0.3, -0.25) is 10.1 Å². The first-order chi connectivity index (χ1) is 12.5. The summed E-state index contributed by atoms with van der Waals surface area (Å²) in [5.41, 5.74) is 3.59. The lowest BCUT2D eigenvalue weighted by atomic mass is 10.1. The lowest BCUT2D eigenvalue weighted by Gasteiger charge is -2.37. The van der Waals surface area contributed by atoms with E-state index in [1.165, 1.54) is 23.1 Å². The van der Waals surface area contributed by atoms with Crippen molar-refractivity contribution in [3.8, 4) is 5.88 Å². The quantitative estimate of drug-likeness (QED) is 0.601. The molecule has 1 aromatic carbocycles. The second-order valence-electron chi connectivity index (χ2n) is 6.23. The van der Waals surface area contributed by atoms with E-state index in [4.69, 9.17) is 4.74 Å². The molecule has 2 heterocycles. The van der Waals surface area contributed by atoms with Gasteiger partial charge in [0.1, 0.15) is 6.33 Å². The van der Waals surface area contributed by atoms with E-state index in [0.717, 1.165) is 13.1 Å². The molecule has 0 N–H and O–H groups in total. The Bertz CT molecular complexity index is 803. The highest BCUT2D eigenvalue weighted by atomic mass is 16.6. The van der Waals surface area contributed by atoms with Gasteiger partial charge in [-0.25, -0.2) is 4.98 Å². The number of ether oxygens (including phenoxy) is 1. The number of aryl methyl sites for hydroxylation is 1. The molecule has 0 unspecified atom stereocenters. The maximum Gasteiger partial charge on any atom is 0.372 e. The fourth-order valence-corrected chi connectivity index (χ4v) is 3.22. The SMILES string of the molecule is CCOc1ncnc(N2CCN(c3cccc(C)c3C)CC2)c1[N+](=O)[O-]. The Morgan fingerprint density at radius 3 is 2.50 bits per heavy atom. The Kier molecular flexibility index (Phi) is 5.20. The molecule has 3 rings (SSSR count). The predicted octanol–water partition coefficient (Wildman–Crippen LogP) is 2.73. The van der Waals surface area contributed by atoms with Crippen LogP contribution >= 0.6 is 0 Å². The summed E-state index contributed by atoms with van der Waals surface area (Å²) in [5.74, 6) is 0.355. The molecular formula is C18H23N5O3. The van der Waals surface area contributed by atoms with Crippen molar-refractivity contribution in [2.24, 2.45) is 0 Å². The van der Waals surface area contributed by atoms with Gasteiger partial charge in [0.2, 0.25) is 5.82 Å². The lowest BCUT2D eigenvalue weighted by molar-refractivity contribution is -0.385.